The third-order valence-corrected chi connectivity index (χ3v) is 10.7. The second-order valence-electron chi connectivity index (χ2n) is 16.2. The van der Waals surface area contributed by atoms with Gasteiger partial charge in [-0.1, -0.05) is 141 Å². The molecule has 328 valence electrons. The van der Waals surface area contributed by atoms with E-state index in [1.165, 1.54) is 76.7 Å². The molecule has 0 bridgehead atoms. The van der Waals surface area contributed by atoms with Crippen molar-refractivity contribution in [3.05, 3.63) is 29.3 Å². The highest BCUT2D eigenvalue weighted by atomic mass is 31.2. The summed E-state index contributed by atoms with van der Waals surface area (Å²) in [5, 5.41) is 0. The Kier molecular flexibility index (Phi) is 30.5. The van der Waals surface area contributed by atoms with E-state index in [0.717, 1.165) is 64.2 Å². The quantitative estimate of drug-likeness (QED) is 0.0111. The lowest BCUT2D eigenvalue weighted by atomic mass is 10.0. The number of hydrogen-bond donors (Lipinski definition) is 0. The summed E-state index contributed by atoms with van der Waals surface area (Å²) in [6, 6.07) is 0. The number of carbonyl (C=O) groups excluding carboxylic acids is 3. The molecule has 0 aromatic heterocycles. The van der Waals surface area contributed by atoms with E-state index in [9.17, 15) is 23.8 Å². The Morgan fingerprint density at radius 2 is 1.18 bits per heavy atom. The lowest BCUT2D eigenvalue weighted by Crippen LogP contribution is -2.37. The smallest absolute Gasteiger partial charge is 0.346 e. The molecular weight excluding hydrogens is 749 g/mol. The van der Waals surface area contributed by atoms with Crippen LogP contribution in [0.3, 0.4) is 0 Å². The zero-order valence-electron chi connectivity index (χ0n) is 35.9. The molecule has 0 radical (unpaired) electrons. The van der Waals surface area contributed by atoms with Crippen molar-refractivity contribution in [2.45, 2.75) is 174 Å². The number of unbranched alkanes of at least 4 members (excludes halogenated alkanes) is 21. The normalized spacial score (nSPS) is 14.2. The number of hydrogen-bond acceptors (Lipinski definition) is 10. The summed E-state index contributed by atoms with van der Waals surface area (Å²) < 4.78 is 39.0. The summed E-state index contributed by atoms with van der Waals surface area (Å²) in [7, 11) is 1.07. The molecule has 0 aliphatic heterocycles. The molecule has 1 aliphatic carbocycles. The Bertz CT molecular complexity index is 1280. The van der Waals surface area contributed by atoms with Crippen LogP contribution in [0.25, 0.3) is 5.53 Å². The Labute approximate surface area is 344 Å². The van der Waals surface area contributed by atoms with Crippen molar-refractivity contribution in [2.24, 2.45) is 0 Å². The molecule has 14 heteroatoms. The first kappa shape index (κ1) is 52.4. The zero-order valence-corrected chi connectivity index (χ0v) is 36.8. The Balaban J connectivity index is 2.27. The number of likely N-dealkylation sites (N-methyl/N-ethyl adjacent to an activating group) is 1. The largest absolute Gasteiger partial charge is 0.756 e. The van der Waals surface area contributed by atoms with E-state index in [-0.39, 0.29) is 37.3 Å². The van der Waals surface area contributed by atoms with Gasteiger partial charge >= 0.3 is 23.6 Å². The number of phosphoric ester groups is 1. The summed E-state index contributed by atoms with van der Waals surface area (Å²) in [6.07, 6.45) is 29.6. The van der Waals surface area contributed by atoms with Crippen LogP contribution in [-0.2, 0) is 42.2 Å². The predicted octanol–water partition coefficient (Wildman–Crippen LogP) is 9.13. The molecule has 0 N–H and O–H groups in total. The molecule has 2 unspecified atom stereocenters. The molecule has 1 rings (SSSR count). The van der Waals surface area contributed by atoms with E-state index >= 15 is 0 Å². The van der Waals surface area contributed by atoms with Crippen LogP contribution in [0.2, 0.25) is 0 Å². The van der Waals surface area contributed by atoms with Gasteiger partial charge in [0.15, 0.2) is 6.10 Å². The molecule has 57 heavy (non-hydrogen) atoms. The van der Waals surface area contributed by atoms with E-state index in [4.69, 9.17) is 28.8 Å². The van der Waals surface area contributed by atoms with Crippen LogP contribution in [0, 0.1) is 0 Å². The van der Waals surface area contributed by atoms with Gasteiger partial charge in [0, 0.05) is 18.9 Å². The maximum atomic E-state index is 12.7. The van der Waals surface area contributed by atoms with Crippen molar-refractivity contribution in [3.63, 3.8) is 0 Å². The molecule has 0 saturated carbocycles. The van der Waals surface area contributed by atoms with E-state index in [1.807, 2.05) is 21.1 Å². The van der Waals surface area contributed by atoms with Gasteiger partial charge < -0.3 is 38.2 Å². The summed E-state index contributed by atoms with van der Waals surface area (Å²) in [5.74, 6) is -1.42. The molecule has 1 aliphatic rings. The zero-order chi connectivity index (χ0) is 42.0. The fraction of sp³-hybridized carbons (Fsp3) is 0.814. The topological polar surface area (TPSA) is 174 Å². The lowest BCUT2D eigenvalue weighted by Gasteiger charge is -2.28. The van der Waals surface area contributed by atoms with Gasteiger partial charge in [-0.2, -0.15) is 4.79 Å². The molecule has 0 amide bonds. The molecule has 0 aromatic carbocycles. The maximum absolute atomic E-state index is 12.7. The number of ether oxygens (including phenoxy) is 3. The van der Waals surface area contributed by atoms with E-state index in [1.54, 1.807) is 12.2 Å². The highest BCUT2D eigenvalue weighted by molar-refractivity contribution is 7.45. The molecule has 0 heterocycles. The predicted molar refractivity (Wildman–Crippen MR) is 221 cm³/mol. The number of allylic oxidation sites excluding steroid dienone is 3. The summed E-state index contributed by atoms with van der Waals surface area (Å²) in [6.45, 7) is 2.14. The Hall–Kier alpha value is -2.66. The number of rotatable bonds is 38. The molecule has 13 nitrogen and oxygen atoms in total. The van der Waals surface area contributed by atoms with Crippen LogP contribution < -0.4 is 4.89 Å². The standard InChI is InChI=1S/C43H76N3O10P/c1-5-6-7-8-9-10-11-12-13-14-15-16-19-22-25-31-41(47)53-36-38(37-55-57(50,51)54-35-33-46(2,3)4)56-42(48)32-26-23-20-17-18-21-24-27-34-52-43(49)39-29-28-30-40(39)45-44/h28-30,38H,5-27,31-37H2,1-4H3. The van der Waals surface area contributed by atoms with Gasteiger partial charge in [-0.15, -0.1) is 0 Å². The Morgan fingerprint density at radius 3 is 1.68 bits per heavy atom. The fourth-order valence-corrected chi connectivity index (χ4v) is 6.97. The van der Waals surface area contributed by atoms with Gasteiger partial charge in [0.2, 0.25) is 0 Å². The van der Waals surface area contributed by atoms with Crippen LogP contribution in [0.15, 0.2) is 23.8 Å². The van der Waals surface area contributed by atoms with Gasteiger partial charge in [-0.3, -0.25) is 14.2 Å². The first-order chi connectivity index (χ1) is 27.4. The molecule has 0 spiro atoms. The van der Waals surface area contributed by atoms with Gasteiger partial charge in [0.25, 0.3) is 7.82 Å². The van der Waals surface area contributed by atoms with Crippen molar-refractivity contribution in [2.75, 3.05) is 54.1 Å². The average Bonchev–Trinajstić information content (AvgIpc) is 3.65. The van der Waals surface area contributed by atoms with Crippen LogP contribution in [0.4, 0.5) is 0 Å². The van der Waals surface area contributed by atoms with Crippen LogP contribution in [0.1, 0.15) is 167 Å². The number of quaternary nitrogens is 1. The number of esters is 3. The van der Waals surface area contributed by atoms with Crippen molar-refractivity contribution in [3.8, 4) is 0 Å². The minimum absolute atomic E-state index is 0.0576. The van der Waals surface area contributed by atoms with Crippen LogP contribution in [-0.4, -0.2) is 93.1 Å². The van der Waals surface area contributed by atoms with Crippen molar-refractivity contribution in [1.82, 2.24) is 0 Å². The van der Waals surface area contributed by atoms with Crippen molar-refractivity contribution in [1.29, 1.82) is 0 Å². The first-order valence-electron chi connectivity index (χ1n) is 21.9. The van der Waals surface area contributed by atoms with Crippen molar-refractivity contribution < 1.29 is 56.4 Å². The molecular formula is C43H76N3O10P. The summed E-state index contributed by atoms with van der Waals surface area (Å²) in [4.78, 5) is 52.7. The first-order valence-corrected chi connectivity index (χ1v) is 23.4. The third-order valence-electron chi connectivity index (χ3n) is 9.77. The van der Waals surface area contributed by atoms with Gasteiger partial charge in [0.1, 0.15) is 25.3 Å². The number of phosphoric acid groups is 1. The fourth-order valence-electron chi connectivity index (χ4n) is 6.24. The molecule has 0 saturated heterocycles. The monoisotopic (exact) mass is 826 g/mol. The molecule has 0 fully saturated rings. The highest BCUT2D eigenvalue weighted by Gasteiger charge is 2.25. The maximum Gasteiger partial charge on any atom is 0.346 e. The molecule has 2 atom stereocenters. The van der Waals surface area contributed by atoms with E-state index in [0.29, 0.717) is 30.5 Å². The minimum Gasteiger partial charge on any atom is -0.756 e. The SMILES string of the molecule is CCCCCCCCCCCCCCCCCC(=O)OCC(COP(=O)([O-])OCC[N+](C)(C)C)OC(=O)CCCCCCCCCCOC(=O)C1=CC=CC1=[N+]=[N-]. The van der Waals surface area contributed by atoms with Gasteiger partial charge in [-0.05, 0) is 25.3 Å². The summed E-state index contributed by atoms with van der Waals surface area (Å²) in [5.41, 5.74) is 9.36. The third kappa shape index (κ3) is 31.0. The second kappa shape index (κ2) is 33.2. The Morgan fingerprint density at radius 1 is 0.684 bits per heavy atom. The van der Waals surface area contributed by atoms with Gasteiger partial charge in [0.05, 0.1) is 34.4 Å². The second-order valence-corrected chi connectivity index (χ2v) is 17.6. The summed E-state index contributed by atoms with van der Waals surface area (Å²) >= 11 is 0. The molecule has 0 aromatic rings. The van der Waals surface area contributed by atoms with E-state index < -0.39 is 38.4 Å². The number of carbonyl (C=O) groups is 3. The number of nitrogens with zero attached hydrogens (tertiary/aromatic N) is 3. The van der Waals surface area contributed by atoms with Crippen LogP contribution in [0.5, 0.6) is 0 Å². The lowest BCUT2D eigenvalue weighted by molar-refractivity contribution is -0.870. The minimum atomic E-state index is -4.66. The van der Waals surface area contributed by atoms with Crippen molar-refractivity contribution >= 4 is 31.4 Å². The average molecular weight is 826 g/mol. The highest BCUT2D eigenvalue weighted by Crippen LogP contribution is 2.38. The van der Waals surface area contributed by atoms with Crippen LogP contribution >= 0.6 is 7.82 Å². The van der Waals surface area contributed by atoms with Gasteiger partial charge in [-0.25, -0.2) is 4.79 Å². The van der Waals surface area contributed by atoms with E-state index in [2.05, 4.69) is 11.7 Å².